The molecule has 11 nitrogen and oxygen atoms in total. The van der Waals surface area contributed by atoms with Crippen molar-refractivity contribution in [3.8, 4) is 0 Å². The summed E-state index contributed by atoms with van der Waals surface area (Å²) in [6.45, 7) is 2.38. The van der Waals surface area contributed by atoms with E-state index in [2.05, 4.69) is 21.3 Å². The molecule has 1 fully saturated rings. The first-order valence-electron chi connectivity index (χ1n) is 12.0. The molecule has 194 valence electrons. The van der Waals surface area contributed by atoms with Crippen molar-refractivity contribution >= 4 is 23.7 Å². The van der Waals surface area contributed by atoms with Crippen molar-refractivity contribution in [3.63, 3.8) is 0 Å². The van der Waals surface area contributed by atoms with Gasteiger partial charge in [0.05, 0.1) is 12.1 Å². The number of aliphatic hydroxyl groups is 1. The van der Waals surface area contributed by atoms with E-state index in [0.717, 1.165) is 18.5 Å². The molecule has 0 saturated carbocycles. The van der Waals surface area contributed by atoms with Crippen LogP contribution in [0.5, 0.6) is 0 Å². The summed E-state index contributed by atoms with van der Waals surface area (Å²) in [5.74, 6) is -2.97. The number of nitrogens with one attached hydrogen (secondary N) is 4. The second kappa shape index (κ2) is 14.4. The minimum absolute atomic E-state index is 0.216. The summed E-state index contributed by atoms with van der Waals surface area (Å²) in [5.41, 5.74) is 6.38. The average Bonchev–Trinajstić information content (AvgIpc) is 3.37. The predicted octanol–water partition coefficient (Wildman–Crippen LogP) is -0.970. The van der Waals surface area contributed by atoms with Crippen LogP contribution in [-0.2, 0) is 25.6 Å². The Hall–Kier alpha value is -3.02. The van der Waals surface area contributed by atoms with Crippen molar-refractivity contribution in [1.82, 2.24) is 21.3 Å². The minimum Gasteiger partial charge on any atom is -0.480 e. The molecule has 11 heteroatoms. The monoisotopic (exact) mass is 491 g/mol. The van der Waals surface area contributed by atoms with Gasteiger partial charge >= 0.3 is 5.97 Å². The molecule has 1 aromatic carbocycles. The number of nitrogens with two attached hydrogens (primary N) is 1. The second-order valence-electron chi connectivity index (χ2n) is 8.81. The number of aliphatic carboxylic acids is 1. The van der Waals surface area contributed by atoms with Crippen molar-refractivity contribution in [2.45, 2.75) is 75.7 Å². The highest BCUT2D eigenvalue weighted by molar-refractivity contribution is 5.94. The Kier molecular flexibility index (Phi) is 11.6. The second-order valence-corrected chi connectivity index (χ2v) is 8.81. The van der Waals surface area contributed by atoms with E-state index >= 15 is 0 Å². The summed E-state index contributed by atoms with van der Waals surface area (Å²) in [4.78, 5) is 50.3. The first kappa shape index (κ1) is 28.2. The van der Waals surface area contributed by atoms with Gasteiger partial charge in [-0.15, -0.1) is 0 Å². The van der Waals surface area contributed by atoms with Gasteiger partial charge < -0.3 is 37.2 Å². The smallest absolute Gasteiger partial charge is 0.328 e. The number of hydrogen-bond acceptors (Lipinski definition) is 7. The molecule has 1 saturated heterocycles. The number of hydrogen-bond donors (Lipinski definition) is 7. The fourth-order valence-electron chi connectivity index (χ4n) is 3.92. The molecule has 1 aliphatic rings. The van der Waals surface area contributed by atoms with Gasteiger partial charge in [0.25, 0.3) is 0 Å². The van der Waals surface area contributed by atoms with E-state index in [1.165, 1.54) is 6.92 Å². The molecule has 35 heavy (non-hydrogen) atoms. The van der Waals surface area contributed by atoms with Crippen molar-refractivity contribution in [3.05, 3.63) is 35.9 Å². The number of aliphatic hydroxyl groups excluding tert-OH is 1. The molecule has 0 radical (unpaired) electrons. The van der Waals surface area contributed by atoms with Crippen LogP contribution >= 0.6 is 0 Å². The van der Waals surface area contributed by atoms with Gasteiger partial charge in [-0.25, -0.2) is 4.79 Å². The zero-order valence-corrected chi connectivity index (χ0v) is 20.0. The maximum atomic E-state index is 13.3. The molecule has 5 atom stereocenters. The van der Waals surface area contributed by atoms with Crippen molar-refractivity contribution in [2.24, 2.45) is 5.73 Å². The van der Waals surface area contributed by atoms with Gasteiger partial charge in [0, 0.05) is 6.42 Å². The van der Waals surface area contributed by atoms with Crippen LogP contribution in [0.1, 0.15) is 44.6 Å². The Morgan fingerprint density at radius 2 is 1.74 bits per heavy atom. The molecule has 0 bridgehead atoms. The van der Waals surface area contributed by atoms with E-state index in [1.54, 1.807) is 0 Å². The molecule has 0 aromatic heterocycles. The number of rotatable bonds is 14. The highest BCUT2D eigenvalue weighted by atomic mass is 16.4. The number of carbonyl (C=O) groups excluding carboxylic acids is 3. The Balaban J connectivity index is 2.17. The summed E-state index contributed by atoms with van der Waals surface area (Å²) in [7, 11) is 0. The molecule has 3 amide bonds. The van der Waals surface area contributed by atoms with E-state index in [1.807, 2.05) is 30.3 Å². The van der Waals surface area contributed by atoms with Crippen LogP contribution in [-0.4, -0.2) is 77.3 Å². The van der Waals surface area contributed by atoms with Gasteiger partial charge in [0.15, 0.2) is 6.04 Å². The molecule has 1 aliphatic heterocycles. The van der Waals surface area contributed by atoms with Gasteiger partial charge in [-0.1, -0.05) is 30.3 Å². The van der Waals surface area contributed by atoms with Crippen LogP contribution in [0.4, 0.5) is 0 Å². The van der Waals surface area contributed by atoms with E-state index < -0.39 is 42.0 Å². The van der Waals surface area contributed by atoms with Crippen molar-refractivity contribution in [1.29, 1.82) is 0 Å². The van der Waals surface area contributed by atoms with Gasteiger partial charge in [-0.05, 0) is 57.7 Å². The van der Waals surface area contributed by atoms with E-state index in [0.29, 0.717) is 25.8 Å². The number of carbonyl (C=O) groups is 4. The molecule has 5 unspecified atom stereocenters. The molecule has 2 rings (SSSR count). The number of carboxylic acid groups (broad SMARTS) is 1. The predicted molar refractivity (Wildman–Crippen MR) is 129 cm³/mol. The summed E-state index contributed by atoms with van der Waals surface area (Å²) in [5, 5.41) is 29.9. The van der Waals surface area contributed by atoms with Gasteiger partial charge in [0.1, 0.15) is 12.1 Å². The lowest BCUT2D eigenvalue weighted by Gasteiger charge is -2.26. The summed E-state index contributed by atoms with van der Waals surface area (Å²) in [6.07, 6.45) is 1.77. The SMILES string of the molecule is CC(O)C(NC(=O)C(CCCCN)NC(=O)C(Cc1ccccc1)NC(=O)C1CCCN1)C(=O)O. The van der Waals surface area contributed by atoms with Crippen LogP contribution in [0.15, 0.2) is 30.3 Å². The lowest BCUT2D eigenvalue weighted by Crippen LogP contribution is -2.58. The van der Waals surface area contributed by atoms with Gasteiger partial charge in [0.2, 0.25) is 17.7 Å². The quantitative estimate of drug-likeness (QED) is 0.162. The Morgan fingerprint density at radius 3 is 2.31 bits per heavy atom. The maximum absolute atomic E-state index is 13.3. The molecule has 0 spiro atoms. The van der Waals surface area contributed by atoms with Crippen molar-refractivity contribution in [2.75, 3.05) is 13.1 Å². The fraction of sp³-hybridized carbons (Fsp3) is 0.583. The number of unbranched alkanes of at least 4 members (excludes halogenated alkanes) is 1. The lowest BCUT2D eigenvalue weighted by atomic mass is 10.0. The zero-order valence-electron chi connectivity index (χ0n) is 20.0. The third-order valence-corrected chi connectivity index (χ3v) is 5.92. The average molecular weight is 492 g/mol. The van der Waals surface area contributed by atoms with E-state index in [4.69, 9.17) is 5.73 Å². The third kappa shape index (κ3) is 9.27. The standard InChI is InChI=1S/C24H37N5O6/c1-15(30)20(24(34)35)29-22(32)18(10-5-6-12-25)27-23(33)19(14-16-8-3-2-4-9-16)28-21(31)17-11-7-13-26-17/h2-4,8-9,15,17-20,26,30H,5-7,10-14,25H2,1H3,(H,27,33)(H,28,31)(H,29,32)(H,34,35). The molecule has 8 N–H and O–H groups in total. The van der Waals surface area contributed by atoms with Crippen LogP contribution < -0.4 is 27.0 Å². The number of carboxylic acids is 1. The van der Waals surface area contributed by atoms with E-state index in [-0.39, 0.29) is 24.8 Å². The van der Waals surface area contributed by atoms with Crippen LogP contribution in [0.3, 0.4) is 0 Å². The van der Waals surface area contributed by atoms with Crippen LogP contribution in [0.2, 0.25) is 0 Å². The highest BCUT2D eigenvalue weighted by Crippen LogP contribution is 2.09. The summed E-state index contributed by atoms with van der Waals surface area (Å²) < 4.78 is 0. The molecule has 1 aromatic rings. The molecular weight excluding hydrogens is 454 g/mol. The summed E-state index contributed by atoms with van der Waals surface area (Å²) >= 11 is 0. The van der Waals surface area contributed by atoms with Crippen LogP contribution in [0, 0.1) is 0 Å². The van der Waals surface area contributed by atoms with Crippen LogP contribution in [0.25, 0.3) is 0 Å². The third-order valence-electron chi connectivity index (χ3n) is 5.92. The lowest BCUT2D eigenvalue weighted by molar-refractivity contribution is -0.145. The Labute approximate surface area is 205 Å². The first-order valence-corrected chi connectivity index (χ1v) is 12.0. The molecule has 1 heterocycles. The largest absolute Gasteiger partial charge is 0.480 e. The number of amides is 3. The topological polar surface area (TPSA) is 183 Å². The fourth-order valence-corrected chi connectivity index (χ4v) is 3.92. The number of benzene rings is 1. The van der Waals surface area contributed by atoms with E-state index in [9.17, 15) is 29.4 Å². The van der Waals surface area contributed by atoms with Gasteiger partial charge in [-0.2, -0.15) is 0 Å². The zero-order chi connectivity index (χ0) is 25.8. The summed E-state index contributed by atoms with van der Waals surface area (Å²) in [6, 6.07) is 5.28. The minimum atomic E-state index is -1.52. The molecule has 0 aliphatic carbocycles. The Bertz CT molecular complexity index is 844. The molecular formula is C24H37N5O6. The normalized spacial score (nSPS) is 18.7. The Morgan fingerprint density at radius 1 is 1.06 bits per heavy atom. The van der Waals surface area contributed by atoms with Gasteiger partial charge in [-0.3, -0.25) is 14.4 Å². The highest BCUT2D eigenvalue weighted by Gasteiger charge is 2.32. The first-order chi connectivity index (χ1) is 16.7. The van der Waals surface area contributed by atoms with Crippen molar-refractivity contribution < 1.29 is 29.4 Å². The maximum Gasteiger partial charge on any atom is 0.328 e.